The molecule has 5 heteroatoms. The fourth-order valence-corrected chi connectivity index (χ4v) is 2.30. The summed E-state index contributed by atoms with van der Waals surface area (Å²) >= 11 is 0. The van der Waals surface area contributed by atoms with Gasteiger partial charge >= 0.3 is 0 Å². The molecule has 1 aromatic rings. The van der Waals surface area contributed by atoms with Crippen LogP contribution in [0.5, 0.6) is 0 Å². The Kier molecular flexibility index (Phi) is 4.75. The van der Waals surface area contributed by atoms with Crippen LogP contribution in [0.1, 0.15) is 38.3 Å². The molecule has 2 N–H and O–H groups in total. The number of hydrogen-bond donors (Lipinski definition) is 2. The maximum Gasteiger partial charge on any atom is 0.237 e. The Balaban J connectivity index is 1.89. The van der Waals surface area contributed by atoms with Crippen LogP contribution in [0.15, 0.2) is 12.5 Å². The van der Waals surface area contributed by atoms with Crippen molar-refractivity contribution in [3.63, 3.8) is 0 Å². The van der Waals surface area contributed by atoms with E-state index in [2.05, 4.69) is 27.1 Å². The molecular weight excluding hydrogens is 228 g/mol. The highest BCUT2D eigenvalue weighted by atomic mass is 16.2. The number of carbonyl (C=O) groups is 1. The van der Waals surface area contributed by atoms with Gasteiger partial charge in [0.2, 0.25) is 5.91 Å². The van der Waals surface area contributed by atoms with Crippen molar-refractivity contribution in [1.82, 2.24) is 20.2 Å². The number of rotatable bonds is 5. The van der Waals surface area contributed by atoms with E-state index in [-0.39, 0.29) is 11.9 Å². The Morgan fingerprint density at radius 3 is 3.28 bits per heavy atom. The molecule has 1 unspecified atom stereocenters. The predicted octanol–water partition coefficient (Wildman–Crippen LogP) is 1.05. The summed E-state index contributed by atoms with van der Waals surface area (Å²) in [5.41, 5.74) is 1.15. The molecule has 1 atom stereocenters. The van der Waals surface area contributed by atoms with Gasteiger partial charge in [0.1, 0.15) is 0 Å². The standard InChI is InChI=1S/C13H22N4O/c1-2-7-17-10-14-8-11(17)9-16-12-5-3-4-6-15-13(12)18/h8,10,12,16H,2-7,9H2,1H3,(H,15,18). The van der Waals surface area contributed by atoms with E-state index in [4.69, 9.17) is 0 Å². The van der Waals surface area contributed by atoms with Crippen LogP contribution < -0.4 is 10.6 Å². The molecule has 2 heterocycles. The van der Waals surface area contributed by atoms with Crippen LogP contribution in [-0.4, -0.2) is 28.0 Å². The lowest BCUT2D eigenvalue weighted by atomic mass is 10.1. The van der Waals surface area contributed by atoms with E-state index in [9.17, 15) is 4.79 Å². The number of aryl methyl sites for hydroxylation is 1. The zero-order valence-electron chi connectivity index (χ0n) is 11.0. The molecule has 1 aromatic heterocycles. The fraction of sp³-hybridized carbons (Fsp3) is 0.692. The van der Waals surface area contributed by atoms with Crippen molar-refractivity contribution in [3.8, 4) is 0 Å². The van der Waals surface area contributed by atoms with Gasteiger partial charge in [0.15, 0.2) is 0 Å². The minimum absolute atomic E-state index is 0.0579. The van der Waals surface area contributed by atoms with E-state index in [0.29, 0.717) is 6.54 Å². The lowest BCUT2D eigenvalue weighted by Crippen LogP contribution is -2.42. The first-order valence-electron chi connectivity index (χ1n) is 6.81. The summed E-state index contributed by atoms with van der Waals surface area (Å²) in [6.07, 6.45) is 7.92. The zero-order chi connectivity index (χ0) is 12.8. The molecule has 0 aromatic carbocycles. The van der Waals surface area contributed by atoms with E-state index in [1.54, 1.807) is 0 Å². The van der Waals surface area contributed by atoms with Crippen molar-refractivity contribution < 1.29 is 4.79 Å². The van der Waals surface area contributed by atoms with Crippen LogP contribution in [0.2, 0.25) is 0 Å². The quantitative estimate of drug-likeness (QED) is 0.821. The summed E-state index contributed by atoms with van der Waals surface area (Å²) in [4.78, 5) is 16.0. The maximum atomic E-state index is 11.8. The number of hydrogen-bond acceptors (Lipinski definition) is 3. The van der Waals surface area contributed by atoms with Crippen LogP contribution in [-0.2, 0) is 17.9 Å². The van der Waals surface area contributed by atoms with Gasteiger partial charge in [-0.3, -0.25) is 4.79 Å². The minimum Gasteiger partial charge on any atom is -0.355 e. The van der Waals surface area contributed by atoms with Crippen LogP contribution in [0.25, 0.3) is 0 Å². The van der Waals surface area contributed by atoms with E-state index >= 15 is 0 Å². The molecular formula is C13H22N4O. The van der Waals surface area contributed by atoms with Gasteiger partial charge in [-0.05, 0) is 25.7 Å². The molecule has 0 bridgehead atoms. The molecule has 0 saturated carbocycles. The monoisotopic (exact) mass is 250 g/mol. The molecule has 0 radical (unpaired) electrons. The predicted molar refractivity (Wildman–Crippen MR) is 70.0 cm³/mol. The molecule has 1 aliphatic rings. The Labute approximate surface area is 108 Å². The molecule has 0 spiro atoms. The van der Waals surface area contributed by atoms with Crippen LogP contribution in [0, 0.1) is 0 Å². The summed E-state index contributed by atoms with van der Waals surface area (Å²) in [5.74, 6) is 0.133. The zero-order valence-corrected chi connectivity index (χ0v) is 11.0. The number of nitrogens with one attached hydrogen (secondary N) is 2. The van der Waals surface area contributed by atoms with Gasteiger partial charge in [0.05, 0.1) is 18.1 Å². The van der Waals surface area contributed by atoms with Crippen LogP contribution in [0.3, 0.4) is 0 Å². The third kappa shape index (κ3) is 3.32. The third-order valence-electron chi connectivity index (χ3n) is 3.33. The Bertz CT molecular complexity index is 388. The lowest BCUT2D eigenvalue weighted by molar-refractivity contribution is -0.122. The molecule has 5 nitrogen and oxygen atoms in total. The molecule has 1 saturated heterocycles. The fourth-order valence-electron chi connectivity index (χ4n) is 2.30. The molecule has 1 aliphatic heterocycles. The van der Waals surface area contributed by atoms with Crippen LogP contribution in [0.4, 0.5) is 0 Å². The molecule has 1 amide bonds. The molecule has 18 heavy (non-hydrogen) atoms. The first-order valence-corrected chi connectivity index (χ1v) is 6.81. The van der Waals surface area contributed by atoms with Gasteiger partial charge in [-0.1, -0.05) is 6.92 Å². The van der Waals surface area contributed by atoms with E-state index in [1.165, 1.54) is 0 Å². The smallest absolute Gasteiger partial charge is 0.237 e. The number of amides is 1. The molecule has 1 fully saturated rings. The van der Waals surface area contributed by atoms with Gasteiger partial charge in [0.25, 0.3) is 0 Å². The normalized spacial score (nSPS) is 20.5. The number of carbonyl (C=O) groups excluding carboxylic acids is 1. The topological polar surface area (TPSA) is 59.0 Å². The first-order chi connectivity index (χ1) is 8.81. The largest absolute Gasteiger partial charge is 0.355 e. The maximum absolute atomic E-state index is 11.8. The first kappa shape index (κ1) is 13.1. The van der Waals surface area contributed by atoms with Gasteiger partial charge in [0, 0.05) is 25.8 Å². The van der Waals surface area contributed by atoms with E-state index in [0.717, 1.165) is 44.5 Å². The molecule has 0 aliphatic carbocycles. The Morgan fingerprint density at radius 2 is 2.44 bits per heavy atom. The highest BCUT2D eigenvalue weighted by Crippen LogP contribution is 2.07. The van der Waals surface area contributed by atoms with Crippen molar-refractivity contribution >= 4 is 5.91 Å². The second-order valence-corrected chi connectivity index (χ2v) is 4.80. The van der Waals surface area contributed by atoms with Crippen molar-refractivity contribution in [2.75, 3.05) is 6.54 Å². The summed E-state index contributed by atoms with van der Waals surface area (Å²) in [6, 6.07) is -0.0579. The summed E-state index contributed by atoms with van der Waals surface area (Å²) in [7, 11) is 0. The SMILES string of the molecule is CCCn1cncc1CNC1CCCCNC1=O. The van der Waals surface area contributed by atoms with Crippen molar-refractivity contribution in [3.05, 3.63) is 18.2 Å². The highest BCUT2D eigenvalue weighted by molar-refractivity contribution is 5.81. The molecule has 100 valence electrons. The van der Waals surface area contributed by atoms with E-state index < -0.39 is 0 Å². The Hall–Kier alpha value is -1.36. The summed E-state index contributed by atoms with van der Waals surface area (Å²) in [6.45, 7) is 4.65. The Morgan fingerprint density at radius 1 is 1.56 bits per heavy atom. The van der Waals surface area contributed by atoms with Crippen molar-refractivity contribution in [2.24, 2.45) is 0 Å². The van der Waals surface area contributed by atoms with E-state index in [1.807, 2.05) is 12.5 Å². The highest BCUT2D eigenvalue weighted by Gasteiger charge is 2.20. The number of aromatic nitrogens is 2. The average Bonchev–Trinajstić information content (AvgIpc) is 2.70. The average molecular weight is 250 g/mol. The van der Waals surface area contributed by atoms with Crippen molar-refractivity contribution in [2.45, 2.75) is 51.7 Å². The van der Waals surface area contributed by atoms with Gasteiger partial charge in [-0.2, -0.15) is 0 Å². The minimum atomic E-state index is -0.0579. The van der Waals surface area contributed by atoms with Gasteiger partial charge in [-0.15, -0.1) is 0 Å². The van der Waals surface area contributed by atoms with Gasteiger partial charge in [-0.25, -0.2) is 4.98 Å². The summed E-state index contributed by atoms with van der Waals surface area (Å²) in [5, 5.41) is 6.28. The van der Waals surface area contributed by atoms with Crippen molar-refractivity contribution in [1.29, 1.82) is 0 Å². The van der Waals surface area contributed by atoms with Gasteiger partial charge < -0.3 is 15.2 Å². The summed E-state index contributed by atoms with van der Waals surface area (Å²) < 4.78 is 2.14. The second kappa shape index (κ2) is 6.54. The number of imidazole rings is 1. The van der Waals surface area contributed by atoms with Crippen LogP contribution >= 0.6 is 0 Å². The second-order valence-electron chi connectivity index (χ2n) is 4.80. The third-order valence-corrected chi connectivity index (χ3v) is 3.33. The molecule has 2 rings (SSSR count). The lowest BCUT2D eigenvalue weighted by Gasteiger charge is -2.15. The number of nitrogens with zero attached hydrogens (tertiary/aromatic N) is 2.